The highest BCUT2D eigenvalue weighted by molar-refractivity contribution is 7.16. The number of carbonyl (C=O) groups excluding carboxylic acids is 1. The second-order valence-corrected chi connectivity index (χ2v) is 8.65. The molecule has 0 atom stereocenters. The number of hydrogen-bond acceptors (Lipinski definition) is 5. The van der Waals surface area contributed by atoms with E-state index in [1.54, 1.807) is 17.7 Å². The van der Waals surface area contributed by atoms with E-state index in [2.05, 4.69) is 56.6 Å². The first kappa shape index (κ1) is 19.7. The lowest BCUT2D eigenvalue weighted by Gasteiger charge is -2.36. The molecule has 5 rings (SSSR count). The molecule has 0 radical (unpaired) electrons. The summed E-state index contributed by atoms with van der Waals surface area (Å²) in [7, 11) is 0. The Hall–Kier alpha value is -3.25. The molecule has 2 aromatic heterocycles. The molecule has 0 bridgehead atoms. The van der Waals surface area contributed by atoms with Crippen LogP contribution in [0.25, 0.3) is 10.2 Å². The number of piperazine rings is 1. The van der Waals surface area contributed by atoms with E-state index >= 15 is 0 Å². The van der Waals surface area contributed by atoms with Crippen molar-refractivity contribution in [1.29, 1.82) is 0 Å². The van der Waals surface area contributed by atoms with E-state index in [4.69, 9.17) is 0 Å². The summed E-state index contributed by atoms with van der Waals surface area (Å²) < 4.78 is 0. The maximum absolute atomic E-state index is 13.3. The van der Waals surface area contributed by atoms with Gasteiger partial charge in [0.1, 0.15) is 17.0 Å². The Bertz CT molecular complexity index is 1180. The standard InChI is InChI=1S/C25H24N4OS/c30-25(21-9-5-4-8-20(21)11-10-19-6-2-1-3-7-19)29-15-13-28(14-16-29)23-22-12-17-31-24(22)27-18-26-23/h1-9,12,17-18H,10-11,13-16H2. The Morgan fingerprint density at radius 2 is 1.65 bits per heavy atom. The van der Waals surface area contributed by atoms with Crippen LogP contribution in [0.5, 0.6) is 0 Å². The van der Waals surface area contributed by atoms with Gasteiger partial charge in [-0.25, -0.2) is 9.97 Å². The van der Waals surface area contributed by atoms with Crippen molar-refractivity contribution >= 4 is 33.3 Å². The molecule has 1 saturated heterocycles. The van der Waals surface area contributed by atoms with Crippen LogP contribution in [0.15, 0.2) is 72.4 Å². The third-order valence-electron chi connectivity index (χ3n) is 5.88. The fourth-order valence-electron chi connectivity index (χ4n) is 4.19. The molecule has 6 heteroatoms. The lowest BCUT2D eigenvalue weighted by Crippen LogP contribution is -2.49. The summed E-state index contributed by atoms with van der Waals surface area (Å²) in [5.41, 5.74) is 3.24. The molecule has 4 aromatic rings. The van der Waals surface area contributed by atoms with E-state index in [9.17, 15) is 4.79 Å². The van der Waals surface area contributed by atoms with Gasteiger partial charge in [-0.15, -0.1) is 11.3 Å². The molecule has 1 aliphatic rings. The quantitative estimate of drug-likeness (QED) is 0.472. The highest BCUT2D eigenvalue weighted by atomic mass is 32.1. The smallest absolute Gasteiger partial charge is 0.254 e. The van der Waals surface area contributed by atoms with Gasteiger partial charge in [0.05, 0.1) is 5.39 Å². The van der Waals surface area contributed by atoms with Crippen molar-refractivity contribution in [3.8, 4) is 0 Å². The van der Waals surface area contributed by atoms with Gasteiger partial charge in [0.15, 0.2) is 0 Å². The predicted molar refractivity (Wildman–Crippen MR) is 126 cm³/mol. The van der Waals surface area contributed by atoms with Gasteiger partial charge < -0.3 is 9.80 Å². The molecule has 0 saturated carbocycles. The number of hydrogen-bond donors (Lipinski definition) is 0. The number of rotatable bonds is 5. The third kappa shape index (κ3) is 4.16. The minimum atomic E-state index is 0.131. The van der Waals surface area contributed by atoms with E-state index < -0.39 is 0 Å². The first-order valence-corrected chi connectivity index (χ1v) is 11.5. The number of nitrogens with zero attached hydrogens (tertiary/aromatic N) is 4. The highest BCUT2D eigenvalue weighted by Gasteiger charge is 2.25. The molecule has 1 fully saturated rings. The lowest BCUT2D eigenvalue weighted by molar-refractivity contribution is 0.0745. The molecule has 0 unspecified atom stereocenters. The number of aryl methyl sites for hydroxylation is 2. The predicted octanol–water partition coefficient (Wildman–Crippen LogP) is 4.44. The zero-order chi connectivity index (χ0) is 21.0. The van der Waals surface area contributed by atoms with Gasteiger partial charge in [0.25, 0.3) is 5.91 Å². The monoisotopic (exact) mass is 428 g/mol. The molecule has 156 valence electrons. The van der Waals surface area contributed by atoms with Crippen LogP contribution in [-0.2, 0) is 12.8 Å². The Labute approximate surface area is 186 Å². The molecule has 31 heavy (non-hydrogen) atoms. The van der Waals surface area contributed by atoms with Crippen LogP contribution in [0.4, 0.5) is 5.82 Å². The Balaban J connectivity index is 1.27. The minimum Gasteiger partial charge on any atom is -0.352 e. The maximum atomic E-state index is 13.3. The molecule has 2 aromatic carbocycles. The van der Waals surface area contributed by atoms with Crippen molar-refractivity contribution in [1.82, 2.24) is 14.9 Å². The fourth-order valence-corrected chi connectivity index (χ4v) is 4.92. The van der Waals surface area contributed by atoms with Crippen molar-refractivity contribution in [2.24, 2.45) is 0 Å². The van der Waals surface area contributed by atoms with Crippen LogP contribution in [0.1, 0.15) is 21.5 Å². The molecular formula is C25H24N4OS. The number of thiophene rings is 1. The molecule has 0 N–H and O–H groups in total. The summed E-state index contributed by atoms with van der Waals surface area (Å²) in [6, 6.07) is 20.6. The first-order chi connectivity index (χ1) is 15.3. The van der Waals surface area contributed by atoms with Gasteiger partial charge in [-0.3, -0.25) is 4.79 Å². The summed E-state index contributed by atoms with van der Waals surface area (Å²) in [5.74, 6) is 1.10. The van der Waals surface area contributed by atoms with Gasteiger partial charge in [-0.05, 0) is 41.5 Å². The number of carbonyl (C=O) groups is 1. The lowest BCUT2D eigenvalue weighted by atomic mass is 9.99. The van der Waals surface area contributed by atoms with Crippen LogP contribution < -0.4 is 4.90 Å². The summed E-state index contributed by atoms with van der Waals surface area (Å²) >= 11 is 1.63. The average molecular weight is 429 g/mol. The van der Waals surface area contributed by atoms with Crippen LogP contribution in [0, 0.1) is 0 Å². The van der Waals surface area contributed by atoms with Crippen LogP contribution in [0.2, 0.25) is 0 Å². The molecule has 5 nitrogen and oxygen atoms in total. The topological polar surface area (TPSA) is 49.3 Å². The van der Waals surface area contributed by atoms with E-state index in [1.165, 1.54) is 5.56 Å². The zero-order valence-electron chi connectivity index (χ0n) is 17.3. The molecule has 1 amide bonds. The maximum Gasteiger partial charge on any atom is 0.254 e. The number of amides is 1. The van der Waals surface area contributed by atoms with E-state index in [1.807, 2.05) is 29.2 Å². The van der Waals surface area contributed by atoms with Crippen molar-refractivity contribution in [2.75, 3.05) is 31.1 Å². The third-order valence-corrected chi connectivity index (χ3v) is 6.70. The largest absolute Gasteiger partial charge is 0.352 e. The Morgan fingerprint density at radius 3 is 2.48 bits per heavy atom. The van der Waals surface area contributed by atoms with Crippen molar-refractivity contribution in [2.45, 2.75) is 12.8 Å². The number of anilines is 1. The summed E-state index contributed by atoms with van der Waals surface area (Å²) in [6.45, 7) is 2.95. The molecule has 3 heterocycles. The first-order valence-electron chi connectivity index (χ1n) is 10.6. The van der Waals surface area contributed by atoms with Crippen molar-refractivity contribution < 1.29 is 4.79 Å². The van der Waals surface area contributed by atoms with Gasteiger partial charge in [-0.2, -0.15) is 0 Å². The van der Waals surface area contributed by atoms with Crippen molar-refractivity contribution in [3.63, 3.8) is 0 Å². The second kappa shape index (κ2) is 8.86. The van der Waals surface area contributed by atoms with Gasteiger partial charge in [0, 0.05) is 31.7 Å². The highest BCUT2D eigenvalue weighted by Crippen LogP contribution is 2.27. The summed E-state index contributed by atoms with van der Waals surface area (Å²) in [6.07, 6.45) is 3.43. The molecular weight excluding hydrogens is 404 g/mol. The normalized spacial score (nSPS) is 14.2. The van der Waals surface area contributed by atoms with E-state index in [0.29, 0.717) is 13.1 Å². The average Bonchev–Trinajstić information content (AvgIpc) is 3.32. The Kier molecular flexibility index (Phi) is 5.63. The van der Waals surface area contributed by atoms with E-state index in [0.717, 1.165) is 53.1 Å². The van der Waals surface area contributed by atoms with Gasteiger partial charge >= 0.3 is 0 Å². The molecule has 1 aliphatic heterocycles. The van der Waals surface area contributed by atoms with Crippen molar-refractivity contribution in [3.05, 3.63) is 89.1 Å². The molecule has 0 aliphatic carbocycles. The second-order valence-electron chi connectivity index (χ2n) is 7.76. The fraction of sp³-hybridized carbons (Fsp3) is 0.240. The Morgan fingerprint density at radius 1 is 0.871 bits per heavy atom. The zero-order valence-corrected chi connectivity index (χ0v) is 18.1. The molecule has 0 spiro atoms. The van der Waals surface area contributed by atoms with Crippen LogP contribution in [0.3, 0.4) is 0 Å². The number of fused-ring (bicyclic) bond motifs is 1. The SMILES string of the molecule is O=C(c1ccccc1CCc1ccccc1)N1CCN(c2ncnc3sccc23)CC1. The minimum absolute atomic E-state index is 0.131. The number of aromatic nitrogens is 2. The summed E-state index contributed by atoms with van der Waals surface area (Å²) in [4.78, 5) is 27.4. The van der Waals surface area contributed by atoms with E-state index in [-0.39, 0.29) is 5.91 Å². The van der Waals surface area contributed by atoms with Crippen LogP contribution >= 0.6 is 11.3 Å². The van der Waals surface area contributed by atoms with Gasteiger partial charge in [-0.1, -0.05) is 48.5 Å². The number of benzene rings is 2. The van der Waals surface area contributed by atoms with Crippen LogP contribution in [-0.4, -0.2) is 47.0 Å². The van der Waals surface area contributed by atoms with Gasteiger partial charge in [0.2, 0.25) is 0 Å². The summed E-state index contributed by atoms with van der Waals surface area (Å²) in [5, 5.41) is 3.15.